The van der Waals surface area contributed by atoms with Crippen LogP contribution in [-0.2, 0) is 12.4 Å². The molecule has 0 saturated carbocycles. The molecule has 4 heteroatoms. The second kappa shape index (κ2) is 6.87. The fraction of sp³-hybridized carbons (Fsp3) is 0.250. The molecule has 2 rings (SSSR count). The minimum Gasteiger partial charge on any atom is -0.497 e. The lowest BCUT2D eigenvalue weighted by Crippen LogP contribution is -2.18. The van der Waals surface area contributed by atoms with Crippen LogP contribution in [-0.4, -0.2) is 14.2 Å². The zero-order valence-corrected chi connectivity index (χ0v) is 13.1. The van der Waals surface area contributed by atoms with E-state index in [0.717, 1.165) is 23.5 Å². The van der Waals surface area contributed by atoms with E-state index >= 15 is 0 Å². The van der Waals surface area contributed by atoms with Crippen molar-refractivity contribution in [3.63, 3.8) is 0 Å². The lowest BCUT2D eigenvalue weighted by atomic mass is 10.1. The molecule has 0 saturated heterocycles. The molecule has 0 fully saturated rings. The average molecular weight is 310 g/mol. The summed E-state index contributed by atoms with van der Waals surface area (Å²) in [5.74, 6) is 1.26. The lowest BCUT2D eigenvalue weighted by Gasteiger charge is -2.23. The van der Waals surface area contributed by atoms with Crippen LogP contribution in [0.5, 0.6) is 5.75 Å². The predicted octanol–water partition coefficient (Wildman–Crippen LogP) is 4.72. The summed E-state index contributed by atoms with van der Waals surface area (Å²) >= 11 is 12.2. The molecular formula is C16H17Cl2NO. The van der Waals surface area contributed by atoms with Gasteiger partial charge in [0.15, 0.2) is 0 Å². The van der Waals surface area contributed by atoms with Gasteiger partial charge in [-0.3, -0.25) is 0 Å². The van der Waals surface area contributed by atoms with Crippen molar-refractivity contribution in [3.05, 3.63) is 58.6 Å². The second-order valence-electron chi connectivity index (χ2n) is 4.58. The van der Waals surface area contributed by atoms with Gasteiger partial charge in [0.25, 0.3) is 0 Å². The van der Waals surface area contributed by atoms with Gasteiger partial charge < -0.3 is 9.64 Å². The quantitative estimate of drug-likeness (QED) is 0.741. The van der Waals surface area contributed by atoms with Crippen LogP contribution in [0, 0.1) is 0 Å². The topological polar surface area (TPSA) is 12.5 Å². The zero-order valence-electron chi connectivity index (χ0n) is 11.6. The maximum absolute atomic E-state index is 6.19. The number of methoxy groups -OCH3 is 1. The van der Waals surface area contributed by atoms with Crippen molar-refractivity contribution < 1.29 is 4.74 Å². The first-order valence-corrected chi connectivity index (χ1v) is 7.24. The number of halogens is 2. The fourth-order valence-corrected chi connectivity index (χ4v) is 2.75. The smallest absolute Gasteiger partial charge is 0.119 e. The number of alkyl halides is 1. The number of ether oxygens (including phenoxy) is 1. The van der Waals surface area contributed by atoms with Crippen LogP contribution < -0.4 is 9.64 Å². The number of hydrogen-bond donors (Lipinski definition) is 0. The number of rotatable bonds is 5. The van der Waals surface area contributed by atoms with Gasteiger partial charge in [-0.1, -0.05) is 29.8 Å². The Morgan fingerprint density at radius 2 is 1.90 bits per heavy atom. The first-order valence-electron chi connectivity index (χ1n) is 6.33. The summed E-state index contributed by atoms with van der Waals surface area (Å²) in [5.41, 5.74) is 3.18. The first kappa shape index (κ1) is 15.0. The fourth-order valence-electron chi connectivity index (χ4n) is 2.17. The van der Waals surface area contributed by atoms with E-state index in [1.54, 1.807) is 7.11 Å². The third kappa shape index (κ3) is 3.38. The van der Waals surface area contributed by atoms with E-state index < -0.39 is 0 Å². The number of anilines is 1. The first-order chi connectivity index (χ1) is 9.65. The van der Waals surface area contributed by atoms with E-state index in [4.69, 9.17) is 27.9 Å². The van der Waals surface area contributed by atoms with Gasteiger partial charge in [-0.05, 0) is 29.8 Å². The summed E-state index contributed by atoms with van der Waals surface area (Å²) in [6.07, 6.45) is 0. The van der Waals surface area contributed by atoms with Gasteiger partial charge in [-0.25, -0.2) is 0 Å². The molecule has 0 radical (unpaired) electrons. The van der Waals surface area contributed by atoms with Crippen LogP contribution in [0.15, 0.2) is 42.5 Å². The molecule has 0 unspecified atom stereocenters. The van der Waals surface area contributed by atoms with Crippen molar-refractivity contribution in [3.8, 4) is 5.75 Å². The van der Waals surface area contributed by atoms with E-state index in [1.165, 1.54) is 5.56 Å². The van der Waals surface area contributed by atoms with Crippen molar-refractivity contribution in [1.29, 1.82) is 0 Å². The molecule has 0 aliphatic heterocycles. The Hall–Kier alpha value is -1.38. The van der Waals surface area contributed by atoms with E-state index in [-0.39, 0.29) is 0 Å². The van der Waals surface area contributed by atoms with Crippen LogP contribution >= 0.6 is 23.2 Å². The molecule has 0 amide bonds. The van der Waals surface area contributed by atoms with E-state index in [1.807, 2.05) is 43.4 Å². The molecule has 2 nitrogen and oxygen atoms in total. The highest BCUT2D eigenvalue weighted by Gasteiger charge is 2.10. The monoisotopic (exact) mass is 309 g/mol. The highest BCUT2D eigenvalue weighted by atomic mass is 35.5. The molecule has 0 aliphatic carbocycles. The Bertz CT molecular complexity index is 586. The largest absolute Gasteiger partial charge is 0.497 e. The van der Waals surface area contributed by atoms with Crippen LogP contribution in [0.2, 0.25) is 5.02 Å². The van der Waals surface area contributed by atoms with Crippen molar-refractivity contribution in [2.75, 3.05) is 19.1 Å². The van der Waals surface area contributed by atoms with Crippen molar-refractivity contribution >= 4 is 28.9 Å². The van der Waals surface area contributed by atoms with Gasteiger partial charge in [-0.15, -0.1) is 11.6 Å². The van der Waals surface area contributed by atoms with Gasteiger partial charge in [0, 0.05) is 29.9 Å². The van der Waals surface area contributed by atoms with Gasteiger partial charge in [0.1, 0.15) is 5.75 Å². The van der Waals surface area contributed by atoms with Gasteiger partial charge >= 0.3 is 0 Å². The van der Waals surface area contributed by atoms with Gasteiger partial charge in [0.05, 0.1) is 13.0 Å². The van der Waals surface area contributed by atoms with Crippen molar-refractivity contribution in [1.82, 2.24) is 0 Å². The van der Waals surface area contributed by atoms with E-state index in [9.17, 15) is 0 Å². The third-order valence-corrected chi connectivity index (χ3v) is 3.81. The normalized spacial score (nSPS) is 10.4. The Morgan fingerprint density at radius 3 is 2.60 bits per heavy atom. The molecule has 0 bridgehead atoms. The van der Waals surface area contributed by atoms with Crippen LogP contribution in [0.1, 0.15) is 11.1 Å². The molecule has 0 heterocycles. The number of benzene rings is 2. The second-order valence-corrected chi connectivity index (χ2v) is 5.25. The maximum Gasteiger partial charge on any atom is 0.119 e. The summed E-state index contributed by atoms with van der Waals surface area (Å²) in [4.78, 5) is 2.14. The molecule has 0 aromatic heterocycles. The molecule has 2 aromatic rings. The molecule has 2 aromatic carbocycles. The Kier molecular flexibility index (Phi) is 5.16. The Labute approximate surface area is 129 Å². The highest BCUT2D eigenvalue weighted by Crippen LogP contribution is 2.29. The maximum atomic E-state index is 6.19. The SMILES string of the molecule is COc1cccc(CN(C)c2cccc(Cl)c2CCl)c1. The molecule has 0 spiro atoms. The van der Waals surface area contributed by atoms with Crippen molar-refractivity contribution in [2.24, 2.45) is 0 Å². The van der Waals surface area contributed by atoms with Crippen LogP contribution in [0.25, 0.3) is 0 Å². The van der Waals surface area contributed by atoms with Crippen molar-refractivity contribution in [2.45, 2.75) is 12.4 Å². The summed E-state index contributed by atoms with van der Waals surface area (Å²) in [5, 5.41) is 0.704. The van der Waals surface area contributed by atoms with E-state index in [0.29, 0.717) is 10.9 Å². The van der Waals surface area contributed by atoms with Gasteiger partial charge in [-0.2, -0.15) is 0 Å². The number of hydrogen-bond acceptors (Lipinski definition) is 2. The zero-order chi connectivity index (χ0) is 14.5. The summed E-state index contributed by atoms with van der Waals surface area (Å²) in [7, 11) is 3.70. The third-order valence-electron chi connectivity index (χ3n) is 3.19. The molecular weight excluding hydrogens is 293 g/mol. The van der Waals surface area contributed by atoms with E-state index in [2.05, 4.69) is 11.0 Å². The van der Waals surface area contributed by atoms with Crippen LogP contribution in [0.3, 0.4) is 0 Å². The summed E-state index contributed by atoms with van der Waals surface area (Å²) < 4.78 is 5.25. The summed E-state index contributed by atoms with van der Waals surface area (Å²) in [6, 6.07) is 13.9. The Morgan fingerprint density at radius 1 is 1.15 bits per heavy atom. The van der Waals surface area contributed by atoms with Crippen LogP contribution in [0.4, 0.5) is 5.69 Å². The molecule has 0 aliphatic rings. The molecule has 0 atom stereocenters. The average Bonchev–Trinajstić information content (AvgIpc) is 2.47. The predicted molar refractivity (Wildman–Crippen MR) is 86.1 cm³/mol. The standard InChI is InChI=1S/C16H17Cl2NO/c1-19(11-12-5-3-6-13(9-12)20-2)16-8-4-7-15(18)14(16)10-17/h3-9H,10-11H2,1-2H3. The lowest BCUT2D eigenvalue weighted by molar-refractivity contribution is 0.414. The molecule has 0 N–H and O–H groups in total. The minimum absolute atomic E-state index is 0.400. The molecule has 20 heavy (non-hydrogen) atoms. The summed E-state index contributed by atoms with van der Waals surface area (Å²) in [6.45, 7) is 0.765. The highest BCUT2D eigenvalue weighted by molar-refractivity contribution is 6.32. The molecule has 106 valence electrons. The number of nitrogens with zero attached hydrogens (tertiary/aromatic N) is 1. The Balaban J connectivity index is 2.23. The van der Waals surface area contributed by atoms with Gasteiger partial charge in [0.2, 0.25) is 0 Å². The minimum atomic E-state index is 0.400.